The van der Waals surface area contributed by atoms with Gasteiger partial charge in [-0.3, -0.25) is 0 Å². The number of ether oxygens (including phenoxy) is 2. The molecule has 122 valence electrons. The van der Waals surface area contributed by atoms with Crippen molar-refractivity contribution in [2.24, 2.45) is 5.92 Å². The average Bonchev–Trinajstić information content (AvgIpc) is 3.29. The lowest BCUT2D eigenvalue weighted by molar-refractivity contribution is 0.0664. The zero-order valence-electron chi connectivity index (χ0n) is 13.4. The minimum absolute atomic E-state index is 0.236. The first-order valence-electron chi connectivity index (χ1n) is 8.11. The molecule has 2 atom stereocenters. The van der Waals surface area contributed by atoms with Crippen molar-refractivity contribution in [2.75, 3.05) is 6.79 Å². The molecule has 2 heterocycles. The Kier molecular flexibility index (Phi) is 5.37. The van der Waals surface area contributed by atoms with Crippen LogP contribution in [0.15, 0.2) is 65.2 Å². The summed E-state index contributed by atoms with van der Waals surface area (Å²) in [5.41, 5.74) is 1.30. The molecular formula is C19H23NO3. The average molecular weight is 313 g/mol. The highest BCUT2D eigenvalue weighted by Gasteiger charge is 2.28. The van der Waals surface area contributed by atoms with E-state index in [0.717, 1.165) is 24.4 Å². The summed E-state index contributed by atoms with van der Waals surface area (Å²) in [6, 6.07) is 14.7. The van der Waals surface area contributed by atoms with Crippen LogP contribution in [-0.4, -0.2) is 12.8 Å². The Bertz CT molecular complexity index is 607. The number of hydrogen-bond acceptors (Lipinski definition) is 4. The SMILES string of the molecule is CCC(NCc1ccco1)C(Cc1ccccc1)C1=COCO1. The van der Waals surface area contributed by atoms with Gasteiger partial charge in [0.1, 0.15) is 17.8 Å². The minimum atomic E-state index is 0.236. The van der Waals surface area contributed by atoms with Crippen molar-refractivity contribution in [1.29, 1.82) is 0 Å². The van der Waals surface area contributed by atoms with Crippen LogP contribution in [0.4, 0.5) is 0 Å². The van der Waals surface area contributed by atoms with E-state index in [1.807, 2.05) is 18.2 Å². The number of benzene rings is 1. The molecule has 0 fully saturated rings. The number of nitrogens with one attached hydrogen (secondary N) is 1. The van der Waals surface area contributed by atoms with E-state index in [0.29, 0.717) is 13.3 Å². The third-order valence-corrected chi connectivity index (χ3v) is 4.20. The Labute approximate surface area is 137 Å². The van der Waals surface area contributed by atoms with E-state index in [-0.39, 0.29) is 12.0 Å². The molecule has 2 aromatic rings. The molecular weight excluding hydrogens is 290 g/mol. The van der Waals surface area contributed by atoms with E-state index in [9.17, 15) is 0 Å². The fourth-order valence-corrected chi connectivity index (χ4v) is 2.97. The van der Waals surface area contributed by atoms with Crippen molar-refractivity contribution < 1.29 is 13.9 Å². The number of hydrogen-bond donors (Lipinski definition) is 1. The molecule has 3 rings (SSSR count). The monoisotopic (exact) mass is 313 g/mol. The summed E-state index contributed by atoms with van der Waals surface area (Å²) in [5, 5.41) is 3.60. The fourth-order valence-electron chi connectivity index (χ4n) is 2.97. The van der Waals surface area contributed by atoms with Crippen LogP contribution in [0.1, 0.15) is 24.7 Å². The first-order valence-corrected chi connectivity index (χ1v) is 8.11. The Balaban J connectivity index is 1.72. The topological polar surface area (TPSA) is 43.6 Å². The molecule has 0 saturated heterocycles. The van der Waals surface area contributed by atoms with E-state index in [1.165, 1.54) is 5.56 Å². The summed E-state index contributed by atoms with van der Waals surface area (Å²) in [6.45, 7) is 3.22. The Hall–Kier alpha value is -2.20. The molecule has 2 unspecified atom stereocenters. The highest BCUT2D eigenvalue weighted by molar-refractivity contribution is 5.18. The van der Waals surface area contributed by atoms with E-state index < -0.39 is 0 Å². The Morgan fingerprint density at radius 1 is 1.13 bits per heavy atom. The largest absolute Gasteiger partial charge is 0.468 e. The van der Waals surface area contributed by atoms with Crippen LogP contribution in [0, 0.1) is 5.92 Å². The van der Waals surface area contributed by atoms with E-state index >= 15 is 0 Å². The zero-order valence-corrected chi connectivity index (χ0v) is 13.4. The van der Waals surface area contributed by atoms with Crippen LogP contribution in [0.2, 0.25) is 0 Å². The van der Waals surface area contributed by atoms with Gasteiger partial charge in [-0.25, -0.2) is 0 Å². The molecule has 0 spiro atoms. The lowest BCUT2D eigenvalue weighted by Crippen LogP contribution is -2.37. The highest BCUT2D eigenvalue weighted by Crippen LogP contribution is 2.27. The van der Waals surface area contributed by atoms with Gasteiger partial charge in [-0.15, -0.1) is 0 Å². The summed E-state index contributed by atoms with van der Waals surface area (Å²) in [4.78, 5) is 0. The minimum Gasteiger partial charge on any atom is -0.468 e. The van der Waals surface area contributed by atoms with Gasteiger partial charge in [-0.2, -0.15) is 0 Å². The third kappa shape index (κ3) is 4.17. The smallest absolute Gasteiger partial charge is 0.229 e. The third-order valence-electron chi connectivity index (χ3n) is 4.20. The van der Waals surface area contributed by atoms with Crippen molar-refractivity contribution in [3.63, 3.8) is 0 Å². The molecule has 0 saturated carbocycles. The maximum atomic E-state index is 5.68. The first-order chi connectivity index (χ1) is 11.4. The summed E-state index contributed by atoms with van der Waals surface area (Å²) in [7, 11) is 0. The second-order valence-corrected chi connectivity index (χ2v) is 5.72. The molecule has 1 aliphatic heterocycles. The van der Waals surface area contributed by atoms with Crippen LogP contribution in [-0.2, 0) is 22.4 Å². The van der Waals surface area contributed by atoms with Crippen LogP contribution < -0.4 is 5.32 Å². The normalized spacial score (nSPS) is 16.3. The van der Waals surface area contributed by atoms with Crippen molar-refractivity contribution in [3.05, 3.63) is 72.1 Å². The summed E-state index contributed by atoms with van der Waals surface area (Å²) < 4.78 is 16.4. The molecule has 23 heavy (non-hydrogen) atoms. The van der Waals surface area contributed by atoms with Gasteiger partial charge in [-0.1, -0.05) is 37.3 Å². The molecule has 1 aromatic carbocycles. The van der Waals surface area contributed by atoms with Crippen LogP contribution in [0.3, 0.4) is 0 Å². The van der Waals surface area contributed by atoms with Gasteiger partial charge < -0.3 is 19.2 Å². The van der Waals surface area contributed by atoms with Crippen molar-refractivity contribution in [2.45, 2.75) is 32.4 Å². The predicted octanol–water partition coefficient (Wildman–Crippen LogP) is 3.85. The van der Waals surface area contributed by atoms with Gasteiger partial charge in [0.15, 0.2) is 0 Å². The highest BCUT2D eigenvalue weighted by atomic mass is 16.7. The molecule has 4 heteroatoms. The standard InChI is InChI=1S/C19H23NO3/c1-2-18(20-12-16-9-6-10-22-16)17(19-13-21-14-23-19)11-15-7-4-3-5-8-15/h3-10,13,17-18,20H,2,11-12,14H2,1H3. The van der Waals surface area contributed by atoms with Crippen LogP contribution >= 0.6 is 0 Å². The lowest BCUT2D eigenvalue weighted by atomic mass is 9.89. The summed E-state index contributed by atoms with van der Waals surface area (Å²) in [5.74, 6) is 2.10. The van der Waals surface area contributed by atoms with Crippen molar-refractivity contribution >= 4 is 0 Å². The molecule has 0 aliphatic carbocycles. The van der Waals surface area contributed by atoms with E-state index in [2.05, 4.69) is 36.5 Å². The van der Waals surface area contributed by atoms with E-state index in [4.69, 9.17) is 13.9 Å². The molecule has 0 radical (unpaired) electrons. The Morgan fingerprint density at radius 3 is 2.65 bits per heavy atom. The lowest BCUT2D eigenvalue weighted by Gasteiger charge is -2.27. The predicted molar refractivity (Wildman–Crippen MR) is 88.4 cm³/mol. The van der Waals surface area contributed by atoms with Gasteiger partial charge >= 0.3 is 0 Å². The van der Waals surface area contributed by atoms with Crippen molar-refractivity contribution in [3.8, 4) is 0 Å². The number of rotatable bonds is 8. The molecule has 0 amide bonds. The van der Waals surface area contributed by atoms with Gasteiger partial charge in [-0.05, 0) is 30.5 Å². The molecule has 1 aliphatic rings. The summed E-state index contributed by atoms with van der Waals surface area (Å²) >= 11 is 0. The molecule has 0 bridgehead atoms. The van der Waals surface area contributed by atoms with E-state index in [1.54, 1.807) is 12.5 Å². The quantitative estimate of drug-likeness (QED) is 0.804. The second-order valence-electron chi connectivity index (χ2n) is 5.72. The van der Waals surface area contributed by atoms with Gasteiger partial charge in [0.05, 0.1) is 12.8 Å². The maximum absolute atomic E-state index is 5.68. The van der Waals surface area contributed by atoms with Gasteiger partial charge in [0.2, 0.25) is 6.79 Å². The summed E-state index contributed by atoms with van der Waals surface area (Å²) in [6.07, 6.45) is 5.37. The first kappa shape index (κ1) is 15.7. The number of furan rings is 1. The van der Waals surface area contributed by atoms with Crippen LogP contribution in [0.5, 0.6) is 0 Å². The molecule has 1 aromatic heterocycles. The fraction of sp³-hybridized carbons (Fsp3) is 0.368. The maximum Gasteiger partial charge on any atom is 0.229 e. The zero-order chi connectivity index (χ0) is 15.9. The molecule has 1 N–H and O–H groups in total. The Morgan fingerprint density at radius 2 is 2.00 bits per heavy atom. The van der Waals surface area contributed by atoms with Gasteiger partial charge in [0, 0.05) is 12.0 Å². The molecule has 4 nitrogen and oxygen atoms in total. The van der Waals surface area contributed by atoms with Crippen LogP contribution in [0.25, 0.3) is 0 Å². The van der Waals surface area contributed by atoms with Gasteiger partial charge in [0.25, 0.3) is 0 Å². The van der Waals surface area contributed by atoms with Crippen molar-refractivity contribution in [1.82, 2.24) is 5.32 Å². The second kappa shape index (κ2) is 7.88.